The molecule has 2 rings (SSSR count). The van der Waals surface area contributed by atoms with Gasteiger partial charge in [0.1, 0.15) is 11.8 Å². The second kappa shape index (κ2) is 4.95. The fraction of sp³-hybridized carbons (Fsp3) is 0.444. The molecule has 5 heteroatoms. The van der Waals surface area contributed by atoms with Gasteiger partial charge in [-0.1, -0.05) is 0 Å². The summed E-state index contributed by atoms with van der Waals surface area (Å²) in [6.45, 7) is 4.20. The zero-order valence-corrected chi connectivity index (χ0v) is 9.44. The van der Waals surface area contributed by atoms with Crippen LogP contribution in [0.3, 0.4) is 0 Å². The van der Waals surface area contributed by atoms with Crippen molar-refractivity contribution in [3.8, 4) is 0 Å². The largest absolute Gasteiger partial charge is 0.313 e. The van der Waals surface area contributed by atoms with Crippen LogP contribution in [0.1, 0.15) is 19.9 Å². The monoisotopic (exact) mass is 210 g/mol. The molecule has 0 spiro atoms. The SMILES string of the molecule is CC(C)n1cnc2cncnc21.CS. The number of hydrogen-bond donors (Lipinski definition) is 1. The Hall–Kier alpha value is -1.10. The zero-order chi connectivity index (χ0) is 10.6. The van der Waals surface area contributed by atoms with Crippen LogP contribution in [0.4, 0.5) is 0 Å². The Morgan fingerprint density at radius 3 is 2.64 bits per heavy atom. The highest BCUT2D eigenvalue weighted by Gasteiger charge is 2.04. The van der Waals surface area contributed by atoms with Crippen LogP contribution < -0.4 is 0 Å². The minimum atomic E-state index is 0.393. The molecule has 0 radical (unpaired) electrons. The smallest absolute Gasteiger partial charge is 0.163 e. The van der Waals surface area contributed by atoms with Crippen molar-refractivity contribution in [2.75, 3.05) is 6.26 Å². The fourth-order valence-corrected chi connectivity index (χ4v) is 1.16. The van der Waals surface area contributed by atoms with Gasteiger partial charge in [-0.05, 0) is 20.1 Å². The zero-order valence-electron chi connectivity index (χ0n) is 8.55. The predicted octanol–water partition coefficient (Wildman–Crippen LogP) is 1.95. The Labute approximate surface area is 88.8 Å². The van der Waals surface area contributed by atoms with Crippen molar-refractivity contribution < 1.29 is 0 Å². The molecule has 0 atom stereocenters. The summed E-state index contributed by atoms with van der Waals surface area (Å²) >= 11 is 3.53. The predicted molar refractivity (Wildman–Crippen MR) is 60.6 cm³/mol. The lowest BCUT2D eigenvalue weighted by atomic mass is 10.4. The van der Waals surface area contributed by atoms with Gasteiger partial charge in [-0.3, -0.25) is 0 Å². The maximum atomic E-state index is 4.18. The first-order valence-electron chi connectivity index (χ1n) is 4.36. The highest BCUT2D eigenvalue weighted by molar-refractivity contribution is 7.79. The van der Waals surface area contributed by atoms with Gasteiger partial charge < -0.3 is 4.57 Å². The molecule has 0 N–H and O–H groups in total. The molecule has 0 aromatic carbocycles. The van der Waals surface area contributed by atoms with E-state index in [9.17, 15) is 0 Å². The van der Waals surface area contributed by atoms with E-state index >= 15 is 0 Å². The summed E-state index contributed by atoms with van der Waals surface area (Å²) in [4.78, 5) is 12.2. The third kappa shape index (κ3) is 2.04. The van der Waals surface area contributed by atoms with Gasteiger partial charge in [0.25, 0.3) is 0 Å². The van der Waals surface area contributed by atoms with Crippen LogP contribution in [0.2, 0.25) is 0 Å². The van der Waals surface area contributed by atoms with Crippen molar-refractivity contribution in [3.05, 3.63) is 18.9 Å². The first-order chi connectivity index (χ1) is 6.79. The number of imidazole rings is 1. The lowest BCUT2D eigenvalue weighted by Gasteiger charge is -2.05. The average Bonchev–Trinajstić information content (AvgIpc) is 2.64. The minimum absolute atomic E-state index is 0.393. The van der Waals surface area contributed by atoms with E-state index in [2.05, 4.69) is 41.4 Å². The molecule has 0 saturated heterocycles. The molecule has 0 unspecified atom stereocenters. The van der Waals surface area contributed by atoms with Crippen molar-refractivity contribution >= 4 is 23.8 Å². The second-order valence-corrected chi connectivity index (χ2v) is 2.98. The summed E-state index contributed by atoms with van der Waals surface area (Å²) in [7, 11) is 0. The number of rotatable bonds is 1. The number of fused-ring (bicyclic) bond motifs is 1. The Morgan fingerprint density at radius 1 is 1.29 bits per heavy atom. The fourth-order valence-electron chi connectivity index (χ4n) is 1.16. The summed E-state index contributed by atoms with van der Waals surface area (Å²) in [5.74, 6) is 0. The third-order valence-corrected chi connectivity index (χ3v) is 1.79. The Balaban J connectivity index is 0.000000461. The van der Waals surface area contributed by atoms with Gasteiger partial charge in [0.2, 0.25) is 0 Å². The van der Waals surface area contributed by atoms with E-state index in [-0.39, 0.29) is 0 Å². The summed E-state index contributed by atoms with van der Waals surface area (Å²) in [6.07, 6.45) is 6.76. The molecule has 2 aromatic heterocycles. The molecule has 2 heterocycles. The number of nitrogens with zero attached hydrogens (tertiary/aromatic N) is 4. The van der Waals surface area contributed by atoms with E-state index in [4.69, 9.17) is 0 Å². The van der Waals surface area contributed by atoms with Crippen molar-refractivity contribution in [2.45, 2.75) is 19.9 Å². The van der Waals surface area contributed by atoms with Crippen LogP contribution in [0.15, 0.2) is 18.9 Å². The van der Waals surface area contributed by atoms with Gasteiger partial charge in [0.15, 0.2) is 5.65 Å². The highest BCUT2D eigenvalue weighted by atomic mass is 32.1. The van der Waals surface area contributed by atoms with E-state index in [1.54, 1.807) is 25.1 Å². The molecule has 0 saturated carbocycles. The standard InChI is InChI=1S/C8H10N4.CH4S/c1-6(2)12-5-11-7-3-9-4-10-8(7)12;1-2/h3-6H,1-2H3;2H,1H3. The molecule has 0 aliphatic rings. The molecule has 0 amide bonds. The average molecular weight is 210 g/mol. The Bertz CT molecular complexity index is 396. The molecule has 0 aliphatic carbocycles. The molecular formula is C9H14N4S. The summed E-state index contributed by atoms with van der Waals surface area (Å²) in [6, 6.07) is 0.393. The highest BCUT2D eigenvalue weighted by Crippen LogP contribution is 2.12. The maximum Gasteiger partial charge on any atom is 0.163 e. The molecule has 0 aliphatic heterocycles. The molecule has 0 fully saturated rings. The first kappa shape index (κ1) is 11.0. The first-order valence-corrected chi connectivity index (χ1v) is 5.26. The number of hydrogen-bond acceptors (Lipinski definition) is 4. The molecule has 2 aromatic rings. The normalized spacial score (nSPS) is 10.1. The maximum absolute atomic E-state index is 4.18. The summed E-state index contributed by atoms with van der Waals surface area (Å²) in [5.41, 5.74) is 1.76. The quantitative estimate of drug-likeness (QED) is 0.732. The van der Waals surface area contributed by atoms with Gasteiger partial charge in [-0.2, -0.15) is 12.6 Å². The van der Waals surface area contributed by atoms with Gasteiger partial charge in [0.05, 0.1) is 12.5 Å². The van der Waals surface area contributed by atoms with Crippen LogP contribution in [-0.4, -0.2) is 25.8 Å². The minimum Gasteiger partial charge on any atom is -0.313 e. The van der Waals surface area contributed by atoms with Gasteiger partial charge >= 0.3 is 0 Å². The van der Waals surface area contributed by atoms with Crippen LogP contribution >= 0.6 is 12.6 Å². The van der Waals surface area contributed by atoms with E-state index < -0.39 is 0 Å². The van der Waals surface area contributed by atoms with Crippen molar-refractivity contribution in [3.63, 3.8) is 0 Å². The summed E-state index contributed by atoms with van der Waals surface area (Å²) in [5, 5.41) is 0. The summed E-state index contributed by atoms with van der Waals surface area (Å²) < 4.78 is 2.02. The topological polar surface area (TPSA) is 43.6 Å². The lowest BCUT2D eigenvalue weighted by molar-refractivity contribution is 0.612. The second-order valence-electron chi connectivity index (χ2n) is 2.98. The Kier molecular flexibility index (Phi) is 3.88. The van der Waals surface area contributed by atoms with Crippen LogP contribution in [0.5, 0.6) is 0 Å². The Morgan fingerprint density at radius 2 is 2.00 bits per heavy atom. The number of aromatic nitrogens is 4. The van der Waals surface area contributed by atoms with E-state index in [1.165, 1.54) is 0 Å². The molecule has 14 heavy (non-hydrogen) atoms. The van der Waals surface area contributed by atoms with Crippen LogP contribution in [0, 0.1) is 0 Å². The van der Waals surface area contributed by atoms with Crippen LogP contribution in [0.25, 0.3) is 11.2 Å². The van der Waals surface area contributed by atoms with E-state index in [0.29, 0.717) is 6.04 Å². The lowest BCUT2D eigenvalue weighted by Crippen LogP contribution is -1.99. The molecule has 4 nitrogen and oxygen atoms in total. The van der Waals surface area contributed by atoms with Crippen molar-refractivity contribution in [2.24, 2.45) is 0 Å². The molecule has 0 bridgehead atoms. The van der Waals surface area contributed by atoms with Gasteiger partial charge in [-0.15, -0.1) is 0 Å². The van der Waals surface area contributed by atoms with E-state index in [0.717, 1.165) is 11.2 Å². The van der Waals surface area contributed by atoms with Crippen molar-refractivity contribution in [1.82, 2.24) is 19.5 Å². The van der Waals surface area contributed by atoms with Gasteiger partial charge in [0, 0.05) is 6.04 Å². The third-order valence-electron chi connectivity index (χ3n) is 1.79. The van der Waals surface area contributed by atoms with E-state index in [1.807, 2.05) is 4.57 Å². The van der Waals surface area contributed by atoms with Crippen LogP contribution in [-0.2, 0) is 0 Å². The molecule has 76 valence electrons. The van der Waals surface area contributed by atoms with Gasteiger partial charge in [-0.25, -0.2) is 15.0 Å². The van der Waals surface area contributed by atoms with Crippen molar-refractivity contribution in [1.29, 1.82) is 0 Å². The number of thiol groups is 1. The molecular weight excluding hydrogens is 196 g/mol.